The molecule has 0 aliphatic heterocycles. The summed E-state index contributed by atoms with van der Waals surface area (Å²) in [6.07, 6.45) is 7.16. The fourth-order valence-corrected chi connectivity index (χ4v) is 3.16. The van der Waals surface area contributed by atoms with Gasteiger partial charge in [0.2, 0.25) is 0 Å². The first kappa shape index (κ1) is 12.6. The van der Waals surface area contributed by atoms with Crippen molar-refractivity contribution in [3.05, 3.63) is 35.4 Å². The molecular weight excluding hydrogens is 206 g/mol. The summed E-state index contributed by atoms with van der Waals surface area (Å²) in [5.74, 6) is 1.66. The summed E-state index contributed by atoms with van der Waals surface area (Å²) in [6.45, 7) is 3.30. The molecular formula is C16H25N. The zero-order chi connectivity index (χ0) is 12.1. The molecule has 1 fully saturated rings. The van der Waals surface area contributed by atoms with E-state index < -0.39 is 0 Å². The van der Waals surface area contributed by atoms with Gasteiger partial charge in [-0.2, -0.15) is 0 Å². The van der Waals surface area contributed by atoms with E-state index in [2.05, 4.69) is 43.6 Å². The highest BCUT2D eigenvalue weighted by Crippen LogP contribution is 2.34. The van der Waals surface area contributed by atoms with Crippen LogP contribution in [0.1, 0.15) is 49.1 Å². The summed E-state index contributed by atoms with van der Waals surface area (Å²) in [5.41, 5.74) is 2.90. The normalized spacial score (nSPS) is 18.5. The molecule has 0 bridgehead atoms. The van der Waals surface area contributed by atoms with Crippen molar-refractivity contribution in [1.82, 2.24) is 5.32 Å². The molecule has 94 valence electrons. The van der Waals surface area contributed by atoms with Gasteiger partial charge in [0.1, 0.15) is 0 Å². The SMILES string of the molecule is CNCC(CC1CCCC1)c1cccc(C)c1. The Kier molecular flexibility index (Phi) is 4.61. The molecule has 1 aromatic carbocycles. The van der Waals surface area contributed by atoms with Crippen LogP contribution in [-0.4, -0.2) is 13.6 Å². The van der Waals surface area contributed by atoms with Crippen molar-refractivity contribution < 1.29 is 0 Å². The molecule has 0 saturated heterocycles. The van der Waals surface area contributed by atoms with Crippen LogP contribution in [0.4, 0.5) is 0 Å². The minimum Gasteiger partial charge on any atom is -0.319 e. The molecule has 0 amide bonds. The number of benzene rings is 1. The molecule has 2 rings (SSSR count). The van der Waals surface area contributed by atoms with E-state index in [0.29, 0.717) is 5.92 Å². The molecule has 1 unspecified atom stereocenters. The number of nitrogens with one attached hydrogen (secondary N) is 1. The van der Waals surface area contributed by atoms with Crippen molar-refractivity contribution in [3.8, 4) is 0 Å². The molecule has 1 atom stereocenters. The number of hydrogen-bond donors (Lipinski definition) is 1. The maximum absolute atomic E-state index is 3.36. The Hall–Kier alpha value is -0.820. The monoisotopic (exact) mass is 231 g/mol. The summed E-state index contributed by atoms with van der Waals surface area (Å²) < 4.78 is 0. The van der Waals surface area contributed by atoms with Gasteiger partial charge >= 0.3 is 0 Å². The maximum atomic E-state index is 3.36. The molecule has 17 heavy (non-hydrogen) atoms. The lowest BCUT2D eigenvalue weighted by atomic mass is 9.87. The average molecular weight is 231 g/mol. The van der Waals surface area contributed by atoms with E-state index in [-0.39, 0.29) is 0 Å². The van der Waals surface area contributed by atoms with E-state index in [1.54, 1.807) is 0 Å². The fraction of sp³-hybridized carbons (Fsp3) is 0.625. The van der Waals surface area contributed by atoms with E-state index in [4.69, 9.17) is 0 Å². The van der Waals surface area contributed by atoms with Gasteiger partial charge in [0.15, 0.2) is 0 Å². The van der Waals surface area contributed by atoms with Gasteiger partial charge in [-0.3, -0.25) is 0 Å². The van der Waals surface area contributed by atoms with E-state index in [1.807, 2.05) is 0 Å². The first-order valence-electron chi connectivity index (χ1n) is 7.00. The molecule has 1 N–H and O–H groups in total. The second-order valence-corrected chi connectivity index (χ2v) is 5.55. The van der Waals surface area contributed by atoms with E-state index in [9.17, 15) is 0 Å². The van der Waals surface area contributed by atoms with Crippen LogP contribution < -0.4 is 5.32 Å². The smallest absolute Gasteiger partial charge is 0.00172 e. The largest absolute Gasteiger partial charge is 0.319 e. The summed E-state index contributed by atoms with van der Waals surface area (Å²) in [7, 11) is 2.07. The number of rotatable bonds is 5. The molecule has 1 aliphatic rings. The molecule has 1 aliphatic carbocycles. The summed E-state index contributed by atoms with van der Waals surface area (Å²) >= 11 is 0. The van der Waals surface area contributed by atoms with Gasteiger partial charge in [0.05, 0.1) is 0 Å². The van der Waals surface area contributed by atoms with E-state index in [1.165, 1.54) is 43.2 Å². The second-order valence-electron chi connectivity index (χ2n) is 5.55. The highest BCUT2D eigenvalue weighted by Gasteiger charge is 2.20. The lowest BCUT2D eigenvalue weighted by Crippen LogP contribution is -2.19. The minimum absolute atomic E-state index is 0.697. The van der Waals surface area contributed by atoms with Crippen LogP contribution in [-0.2, 0) is 0 Å². The van der Waals surface area contributed by atoms with Gasteiger partial charge in [-0.15, -0.1) is 0 Å². The van der Waals surface area contributed by atoms with Gasteiger partial charge in [0, 0.05) is 6.54 Å². The quantitative estimate of drug-likeness (QED) is 0.811. The van der Waals surface area contributed by atoms with Crippen molar-refractivity contribution in [2.75, 3.05) is 13.6 Å². The van der Waals surface area contributed by atoms with Crippen LogP contribution >= 0.6 is 0 Å². The first-order chi connectivity index (χ1) is 8.29. The number of likely N-dealkylation sites (N-methyl/N-ethyl adjacent to an activating group) is 1. The topological polar surface area (TPSA) is 12.0 Å². The minimum atomic E-state index is 0.697. The Bertz CT molecular complexity index is 339. The van der Waals surface area contributed by atoms with Crippen molar-refractivity contribution >= 4 is 0 Å². The van der Waals surface area contributed by atoms with Crippen molar-refractivity contribution in [2.45, 2.75) is 44.9 Å². The van der Waals surface area contributed by atoms with Crippen molar-refractivity contribution in [1.29, 1.82) is 0 Å². The highest BCUT2D eigenvalue weighted by atomic mass is 14.8. The van der Waals surface area contributed by atoms with Crippen molar-refractivity contribution in [3.63, 3.8) is 0 Å². The van der Waals surface area contributed by atoms with Crippen molar-refractivity contribution in [2.24, 2.45) is 5.92 Å². The standard InChI is InChI=1S/C16H25N/c1-13-6-5-9-15(10-13)16(12-17-2)11-14-7-3-4-8-14/h5-6,9-10,14,16-17H,3-4,7-8,11-12H2,1-2H3. The lowest BCUT2D eigenvalue weighted by Gasteiger charge is -2.21. The van der Waals surface area contributed by atoms with Crippen LogP contribution in [0.3, 0.4) is 0 Å². The Balaban J connectivity index is 2.04. The number of hydrogen-bond acceptors (Lipinski definition) is 1. The van der Waals surface area contributed by atoms with Crippen LogP contribution in [0.2, 0.25) is 0 Å². The average Bonchev–Trinajstić information content (AvgIpc) is 2.81. The van der Waals surface area contributed by atoms with Crippen LogP contribution in [0.15, 0.2) is 24.3 Å². The van der Waals surface area contributed by atoms with Gasteiger partial charge < -0.3 is 5.32 Å². The zero-order valence-corrected chi connectivity index (χ0v) is 11.2. The lowest BCUT2D eigenvalue weighted by molar-refractivity contribution is 0.435. The molecule has 0 spiro atoms. The third kappa shape index (κ3) is 3.57. The van der Waals surface area contributed by atoms with Crippen LogP contribution in [0.5, 0.6) is 0 Å². The predicted molar refractivity (Wildman–Crippen MR) is 74.4 cm³/mol. The maximum Gasteiger partial charge on any atom is 0.00172 e. The zero-order valence-electron chi connectivity index (χ0n) is 11.2. The van der Waals surface area contributed by atoms with Crippen LogP contribution in [0.25, 0.3) is 0 Å². The van der Waals surface area contributed by atoms with Gasteiger partial charge in [-0.25, -0.2) is 0 Å². The van der Waals surface area contributed by atoms with Crippen LogP contribution in [0, 0.1) is 12.8 Å². The van der Waals surface area contributed by atoms with E-state index >= 15 is 0 Å². The molecule has 0 radical (unpaired) electrons. The number of aryl methyl sites for hydroxylation is 1. The Labute approximate surface area is 106 Å². The summed E-state index contributed by atoms with van der Waals surface area (Å²) in [6, 6.07) is 9.04. The highest BCUT2D eigenvalue weighted by molar-refractivity contribution is 5.25. The Morgan fingerprint density at radius 1 is 1.29 bits per heavy atom. The second kappa shape index (κ2) is 6.20. The van der Waals surface area contributed by atoms with Gasteiger partial charge in [-0.1, -0.05) is 55.5 Å². The predicted octanol–water partition coefficient (Wildman–Crippen LogP) is 3.88. The third-order valence-electron chi connectivity index (χ3n) is 4.06. The summed E-state index contributed by atoms with van der Waals surface area (Å²) in [5, 5.41) is 3.36. The molecule has 1 saturated carbocycles. The Morgan fingerprint density at radius 3 is 2.71 bits per heavy atom. The fourth-order valence-electron chi connectivity index (χ4n) is 3.16. The molecule has 0 aromatic heterocycles. The van der Waals surface area contributed by atoms with Gasteiger partial charge in [-0.05, 0) is 37.8 Å². The molecule has 1 nitrogen and oxygen atoms in total. The molecule has 1 aromatic rings. The molecule has 1 heteroatoms. The van der Waals surface area contributed by atoms with Gasteiger partial charge in [0.25, 0.3) is 0 Å². The summed E-state index contributed by atoms with van der Waals surface area (Å²) in [4.78, 5) is 0. The Morgan fingerprint density at radius 2 is 2.06 bits per heavy atom. The first-order valence-corrected chi connectivity index (χ1v) is 7.00. The molecule has 0 heterocycles. The van der Waals surface area contributed by atoms with E-state index in [0.717, 1.165) is 12.5 Å². The third-order valence-corrected chi connectivity index (χ3v) is 4.06.